The van der Waals surface area contributed by atoms with Crippen molar-refractivity contribution in [1.82, 2.24) is 10.2 Å². The third-order valence-corrected chi connectivity index (χ3v) is 6.02. The fourth-order valence-corrected chi connectivity index (χ4v) is 4.24. The van der Waals surface area contributed by atoms with E-state index in [-0.39, 0.29) is 26.1 Å². The van der Waals surface area contributed by atoms with Gasteiger partial charge in [0.25, 0.3) is 0 Å². The van der Waals surface area contributed by atoms with Crippen LogP contribution in [-0.4, -0.2) is 43.3 Å². The van der Waals surface area contributed by atoms with Gasteiger partial charge in [-0.25, -0.2) is 4.79 Å². The molecule has 2 aromatic rings. The molecule has 0 radical (unpaired) electrons. The second-order valence-corrected chi connectivity index (χ2v) is 8.46. The van der Waals surface area contributed by atoms with Crippen molar-refractivity contribution in [2.24, 2.45) is 11.7 Å². The average Bonchev–Trinajstić information content (AvgIpc) is 2.83. The Balaban J connectivity index is 1.67. The van der Waals surface area contributed by atoms with Crippen LogP contribution in [0.5, 0.6) is 11.5 Å². The van der Waals surface area contributed by atoms with Gasteiger partial charge in [0.2, 0.25) is 0 Å². The number of carbonyl (C=O) groups is 1. The molecule has 0 heterocycles. The van der Waals surface area contributed by atoms with Gasteiger partial charge in [-0.05, 0) is 36.1 Å². The topological polar surface area (TPSA) is 76.8 Å². The molecular formula is C25H32F3N3O3. The third kappa shape index (κ3) is 7.03. The van der Waals surface area contributed by atoms with E-state index in [4.69, 9.17) is 15.2 Å². The molecular weight excluding hydrogens is 447 g/mol. The van der Waals surface area contributed by atoms with Gasteiger partial charge in [-0.1, -0.05) is 49.2 Å². The second-order valence-electron chi connectivity index (χ2n) is 8.46. The number of ether oxygens (including phenoxy) is 2. The van der Waals surface area contributed by atoms with E-state index in [1.54, 1.807) is 18.2 Å². The molecule has 1 aliphatic carbocycles. The molecule has 2 aromatic carbocycles. The van der Waals surface area contributed by atoms with Crippen molar-refractivity contribution in [2.75, 3.05) is 20.2 Å². The first-order chi connectivity index (χ1) is 16.3. The van der Waals surface area contributed by atoms with Crippen molar-refractivity contribution in [2.45, 2.75) is 51.1 Å². The smallest absolute Gasteiger partial charge is 0.393 e. The highest BCUT2D eigenvalue weighted by molar-refractivity contribution is 5.74. The number of benzene rings is 2. The lowest BCUT2D eigenvalue weighted by molar-refractivity contribution is -0.188. The first kappa shape index (κ1) is 25.7. The number of alkyl halides is 3. The summed E-state index contributed by atoms with van der Waals surface area (Å²) < 4.78 is 51.6. The molecule has 0 aliphatic heterocycles. The number of nitrogens with two attached hydrogens (primary N) is 1. The van der Waals surface area contributed by atoms with E-state index < -0.39 is 24.2 Å². The molecule has 1 saturated carbocycles. The highest BCUT2D eigenvalue weighted by Crippen LogP contribution is 2.38. The number of hydrogen-bond acceptors (Lipinski definition) is 4. The molecule has 3 N–H and O–H groups in total. The Bertz CT molecular complexity index is 925. The number of amides is 2. The van der Waals surface area contributed by atoms with Crippen molar-refractivity contribution in [3.8, 4) is 11.5 Å². The monoisotopic (exact) mass is 479 g/mol. The predicted octanol–water partition coefficient (Wildman–Crippen LogP) is 4.87. The van der Waals surface area contributed by atoms with Crippen molar-refractivity contribution < 1.29 is 27.4 Å². The second kappa shape index (κ2) is 12.0. The molecule has 3 rings (SSSR count). The van der Waals surface area contributed by atoms with Crippen LogP contribution in [0.2, 0.25) is 0 Å². The summed E-state index contributed by atoms with van der Waals surface area (Å²) in [4.78, 5) is 14.3. The van der Waals surface area contributed by atoms with E-state index in [2.05, 4.69) is 5.32 Å². The van der Waals surface area contributed by atoms with Crippen LogP contribution < -0.4 is 20.5 Å². The Morgan fingerprint density at radius 1 is 1.09 bits per heavy atom. The zero-order valence-electron chi connectivity index (χ0n) is 19.3. The van der Waals surface area contributed by atoms with Crippen LogP contribution in [0.1, 0.15) is 36.8 Å². The van der Waals surface area contributed by atoms with Gasteiger partial charge in [-0.2, -0.15) is 13.2 Å². The molecule has 2 atom stereocenters. The minimum absolute atomic E-state index is 0.0347. The molecule has 0 saturated heterocycles. The lowest BCUT2D eigenvalue weighted by atomic mass is 9.84. The summed E-state index contributed by atoms with van der Waals surface area (Å²) in [7, 11) is 1.53. The van der Waals surface area contributed by atoms with Crippen molar-refractivity contribution in [3.63, 3.8) is 0 Å². The Hall–Kier alpha value is -2.94. The number of hydrogen-bond donors (Lipinski definition) is 2. The number of rotatable bonds is 9. The van der Waals surface area contributed by atoms with Gasteiger partial charge in [-0.3, -0.25) is 0 Å². The molecule has 1 aliphatic rings. The quantitative estimate of drug-likeness (QED) is 0.538. The van der Waals surface area contributed by atoms with Crippen LogP contribution in [-0.2, 0) is 13.2 Å². The third-order valence-electron chi connectivity index (χ3n) is 6.02. The zero-order valence-corrected chi connectivity index (χ0v) is 19.3. The Morgan fingerprint density at radius 3 is 2.50 bits per heavy atom. The maximum absolute atomic E-state index is 13.4. The van der Waals surface area contributed by atoms with Gasteiger partial charge in [0.05, 0.1) is 13.0 Å². The van der Waals surface area contributed by atoms with E-state index in [0.29, 0.717) is 37.4 Å². The van der Waals surface area contributed by atoms with E-state index in [0.717, 1.165) is 11.1 Å². The van der Waals surface area contributed by atoms with E-state index in [9.17, 15) is 18.0 Å². The molecule has 186 valence electrons. The minimum atomic E-state index is -4.33. The maximum Gasteiger partial charge on any atom is 0.393 e. The van der Waals surface area contributed by atoms with Gasteiger partial charge >= 0.3 is 12.2 Å². The normalized spacial score (nSPS) is 18.3. The minimum Gasteiger partial charge on any atom is -0.493 e. The van der Waals surface area contributed by atoms with Crippen LogP contribution in [0.25, 0.3) is 0 Å². The van der Waals surface area contributed by atoms with E-state index in [1.165, 1.54) is 12.0 Å². The zero-order chi connectivity index (χ0) is 24.6. The average molecular weight is 480 g/mol. The van der Waals surface area contributed by atoms with Crippen LogP contribution in [0.4, 0.5) is 18.0 Å². The predicted molar refractivity (Wildman–Crippen MR) is 124 cm³/mol. The number of nitrogens with zero attached hydrogens (tertiary/aromatic N) is 1. The van der Waals surface area contributed by atoms with Gasteiger partial charge in [0.15, 0.2) is 11.5 Å². The highest BCUT2D eigenvalue weighted by atomic mass is 19.4. The number of methoxy groups -OCH3 is 1. The summed E-state index contributed by atoms with van der Waals surface area (Å²) in [5, 5.41) is 2.61. The molecule has 2 unspecified atom stereocenters. The molecule has 0 spiro atoms. The van der Waals surface area contributed by atoms with Crippen molar-refractivity contribution in [3.05, 3.63) is 59.7 Å². The Morgan fingerprint density at radius 2 is 1.82 bits per heavy atom. The summed E-state index contributed by atoms with van der Waals surface area (Å²) >= 11 is 0. The summed E-state index contributed by atoms with van der Waals surface area (Å²) in [6.07, 6.45) is -2.81. The van der Waals surface area contributed by atoms with Crippen LogP contribution in [0, 0.1) is 5.92 Å². The van der Waals surface area contributed by atoms with Gasteiger partial charge in [0.1, 0.15) is 6.61 Å². The highest BCUT2D eigenvalue weighted by Gasteiger charge is 2.46. The molecule has 6 nitrogen and oxygen atoms in total. The standard InChI is InChI=1S/C25H32F3N3O3/c1-33-23-15-19(11-12-22(23)34-17-18-7-3-2-4-8-18)16-31(14-13-29)24(32)30-21-10-6-5-9-20(21)25(26,27)28/h2-4,7-8,11-12,15,20-21H,5-6,9-10,13-14,16-17,29H2,1H3,(H,30,32). The van der Waals surface area contributed by atoms with Crippen LogP contribution in [0.15, 0.2) is 48.5 Å². The maximum atomic E-state index is 13.4. The van der Waals surface area contributed by atoms with Gasteiger partial charge in [-0.15, -0.1) is 0 Å². The molecule has 0 aromatic heterocycles. The molecule has 1 fully saturated rings. The van der Waals surface area contributed by atoms with Crippen LogP contribution in [0.3, 0.4) is 0 Å². The number of carbonyl (C=O) groups excluding carboxylic acids is 1. The Labute approximate surface area is 198 Å². The lowest BCUT2D eigenvalue weighted by Gasteiger charge is -2.35. The van der Waals surface area contributed by atoms with Crippen LogP contribution >= 0.6 is 0 Å². The number of halogens is 3. The Kier molecular flexibility index (Phi) is 9.04. The molecule has 2 amide bonds. The van der Waals surface area contributed by atoms with E-state index in [1.807, 2.05) is 30.3 Å². The first-order valence-corrected chi connectivity index (χ1v) is 11.5. The SMILES string of the molecule is COc1cc(CN(CCN)C(=O)NC2CCCCC2C(F)(F)F)ccc1OCc1ccccc1. The fourth-order valence-electron chi connectivity index (χ4n) is 4.24. The molecule has 0 bridgehead atoms. The number of nitrogens with one attached hydrogen (secondary N) is 1. The summed E-state index contributed by atoms with van der Waals surface area (Å²) in [5.41, 5.74) is 7.45. The number of urea groups is 1. The summed E-state index contributed by atoms with van der Waals surface area (Å²) in [6.45, 7) is 0.960. The summed E-state index contributed by atoms with van der Waals surface area (Å²) in [6, 6.07) is 13.6. The van der Waals surface area contributed by atoms with Crippen molar-refractivity contribution >= 4 is 6.03 Å². The first-order valence-electron chi connectivity index (χ1n) is 11.5. The van der Waals surface area contributed by atoms with E-state index >= 15 is 0 Å². The van der Waals surface area contributed by atoms with Gasteiger partial charge in [0, 0.05) is 25.7 Å². The molecule has 9 heteroatoms. The summed E-state index contributed by atoms with van der Waals surface area (Å²) in [5.74, 6) is -0.461. The lowest BCUT2D eigenvalue weighted by Crippen LogP contribution is -2.52. The van der Waals surface area contributed by atoms with Crippen molar-refractivity contribution in [1.29, 1.82) is 0 Å². The fraction of sp³-hybridized carbons (Fsp3) is 0.480. The molecule has 34 heavy (non-hydrogen) atoms. The largest absolute Gasteiger partial charge is 0.493 e. The van der Waals surface area contributed by atoms with Gasteiger partial charge < -0.3 is 25.4 Å².